The molecule has 2 amide bonds. The molecule has 0 N–H and O–H groups in total. The van der Waals surface area contributed by atoms with Crippen LogP contribution in [0.25, 0.3) is 5.65 Å². The van der Waals surface area contributed by atoms with Crippen molar-refractivity contribution in [3.63, 3.8) is 0 Å². The quantitative estimate of drug-likeness (QED) is 0.346. The first-order chi connectivity index (χ1) is 22.6. The van der Waals surface area contributed by atoms with Gasteiger partial charge in [0.1, 0.15) is 22.2 Å². The van der Waals surface area contributed by atoms with Crippen molar-refractivity contribution in [1.29, 1.82) is 0 Å². The van der Waals surface area contributed by atoms with Gasteiger partial charge in [-0.2, -0.15) is 0 Å². The van der Waals surface area contributed by atoms with Crippen LogP contribution in [0, 0.1) is 5.82 Å². The number of morpholine rings is 1. The highest BCUT2D eigenvalue weighted by atomic mass is 35.5. The number of nitrogens with zero attached hydrogens (tertiary/aromatic N) is 6. The molecule has 0 bridgehead atoms. The fourth-order valence-electron chi connectivity index (χ4n) is 7.39. The number of ether oxygens (including phenoxy) is 2. The molecular weight excluding hydrogens is 635 g/mol. The number of pyridine rings is 1. The number of carbonyl (C=O) groups is 2. The van der Waals surface area contributed by atoms with Crippen molar-refractivity contribution in [3.8, 4) is 0 Å². The summed E-state index contributed by atoms with van der Waals surface area (Å²) in [5, 5.41) is 0.376. The predicted molar refractivity (Wildman–Crippen MR) is 184 cm³/mol. The molecule has 0 aliphatic carbocycles. The van der Waals surface area contributed by atoms with Gasteiger partial charge in [0.2, 0.25) is 5.91 Å². The number of fused-ring (bicyclic) bond motifs is 3. The van der Waals surface area contributed by atoms with Gasteiger partial charge in [0.15, 0.2) is 0 Å². The fraction of sp³-hybridized carbons (Fsp3) is 0.583. The van der Waals surface area contributed by atoms with Crippen LogP contribution in [0.5, 0.6) is 0 Å². The van der Waals surface area contributed by atoms with Crippen LogP contribution in [0.15, 0.2) is 36.5 Å². The van der Waals surface area contributed by atoms with E-state index in [0.29, 0.717) is 51.0 Å². The molecule has 2 saturated heterocycles. The molecule has 3 aromatic rings. The minimum absolute atomic E-state index is 0.00179. The van der Waals surface area contributed by atoms with Gasteiger partial charge in [-0.1, -0.05) is 37.6 Å². The summed E-state index contributed by atoms with van der Waals surface area (Å²) < 4.78 is 27.2. The molecule has 12 heteroatoms. The van der Waals surface area contributed by atoms with E-state index in [9.17, 15) is 14.0 Å². The molecule has 5 heterocycles. The Balaban J connectivity index is 1.30. The van der Waals surface area contributed by atoms with Crippen LogP contribution < -0.4 is 4.90 Å². The predicted octanol–water partition coefficient (Wildman–Crippen LogP) is 5.37. The lowest BCUT2D eigenvalue weighted by molar-refractivity contribution is -0.121. The summed E-state index contributed by atoms with van der Waals surface area (Å²) in [6.45, 7) is 18.6. The maximum absolute atomic E-state index is 14.5. The third-order valence-electron chi connectivity index (χ3n) is 9.72. The molecule has 0 spiro atoms. The average Bonchev–Trinajstić information content (AvgIpc) is 3.51. The van der Waals surface area contributed by atoms with E-state index in [1.807, 2.05) is 48.1 Å². The highest BCUT2D eigenvalue weighted by Gasteiger charge is 2.43. The first kappa shape index (κ1) is 34.6. The average molecular weight is 683 g/mol. The first-order valence-corrected chi connectivity index (χ1v) is 17.3. The standard InChI is InChI=1S/C36H48ClFN6O4/c1-23-16-41(28(17-40-12-13-47-21-24(40)2)18-42(23)34(46)48-35(3,4)5)20-31(45)44-22-36(6,7)32-29(44)15-26(33-39-30(37)19-43(32)33)14-25-8-10-27(38)11-9-25/h8-11,15,19,23-24,28H,12-14,16-18,20-22H2,1-7H3/t23-,24-,28+/m1/s1. The Labute approximate surface area is 287 Å². The van der Waals surface area contributed by atoms with Gasteiger partial charge in [0, 0.05) is 74.4 Å². The van der Waals surface area contributed by atoms with Crippen molar-refractivity contribution in [2.45, 2.75) is 84.0 Å². The monoisotopic (exact) mass is 682 g/mol. The summed E-state index contributed by atoms with van der Waals surface area (Å²) in [6, 6.07) is 8.53. The number of hydrogen-bond donors (Lipinski definition) is 0. The number of halogens is 2. The van der Waals surface area contributed by atoms with Gasteiger partial charge in [0.05, 0.1) is 31.1 Å². The molecule has 6 rings (SSSR count). The molecule has 3 aliphatic heterocycles. The molecule has 48 heavy (non-hydrogen) atoms. The lowest BCUT2D eigenvalue weighted by Crippen LogP contribution is -2.64. The number of imidazole rings is 1. The second kappa shape index (κ2) is 13.2. The Morgan fingerprint density at radius 3 is 2.52 bits per heavy atom. The molecule has 3 atom stereocenters. The molecule has 10 nitrogen and oxygen atoms in total. The minimum Gasteiger partial charge on any atom is -0.444 e. The number of rotatable bonds is 6. The van der Waals surface area contributed by atoms with Crippen molar-refractivity contribution < 1.29 is 23.5 Å². The molecule has 1 aromatic carbocycles. The van der Waals surface area contributed by atoms with E-state index in [2.05, 4.69) is 41.6 Å². The van der Waals surface area contributed by atoms with Crippen LogP contribution in [-0.4, -0.2) is 112 Å². The lowest BCUT2D eigenvalue weighted by Gasteiger charge is -2.47. The summed E-state index contributed by atoms with van der Waals surface area (Å²) in [6.07, 6.45) is 2.00. The topological polar surface area (TPSA) is 82.9 Å². The number of anilines is 1. The van der Waals surface area contributed by atoms with Gasteiger partial charge in [-0.15, -0.1) is 0 Å². The summed E-state index contributed by atoms with van der Waals surface area (Å²) in [7, 11) is 0. The van der Waals surface area contributed by atoms with E-state index < -0.39 is 5.60 Å². The summed E-state index contributed by atoms with van der Waals surface area (Å²) in [4.78, 5) is 40.8. The van der Waals surface area contributed by atoms with Gasteiger partial charge < -0.3 is 19.3 Å². The number of piperazine rings is 1. The first-order valence-electron chi connectivity index (χ1n) is 16.9. The van der Waals surface area contributed by atoms with Crippen LogP contribution >= 0.6 is 11.6 Å². The minimum atomic E-state index is -0.603. The van der Waals surface area contributed by atoms with Crippen LogP contribution in [0.2, 0.25) is 5.15 Å². The van der Waals surface area contributed by atoms with Crippen molar-refractivity contribution >= 4 is 34.9 Å². The summed E-state index contributed by atoms with van der Waals surface area (Å²) >= 11 is 6.47. The Kier molecular flexibility index (Phi) is 9.54. The van der Waals surface area contributed by atoms with Crippen LogP contribution in [0.3, 0.4) is 0 Å². The van der Waals surface area contributed by atoms with Crippen molar-refractivity contribution in [3.05, 3.63) is 64.3 Å². The second-order valence-electron chi connectivity index (χ2n) is 15.3. The smallest absolute Gasteiger partial charge is 0.410 e. The summed E-state index contributed by atoms with van der Waals surface area (Å²) in [5.41, 5.74) is 3.42. The maximum atomic E-state index is 14.5. The van der Waals surface area contributed by atoms with E-state index in [4.69, 9.17) is 21.1 Å². The van der Waals surface area contributed by atoms with Crippen LogP contribution in [-0.2, 0) is 26.1 Å². The summed E-state index contributed by atoms with van der Waals surface area (Å²) in [5.74, 6) is -0.291. The van der Waals surface area contributed by atoms with E-state index in [1.165, 1.54) is 12.1 Å². The van der Waals surface area contributed by atoms with E-state index in [-0.39, 0.29) is 47.9 Å². The second-order valence-corrected chi connectivity index (χ2v) is 15.7. The van der Waals surface area contributed by atoms with Crippen LogP contribution in [0.1, 0.15) is 65.3 Å². The third kappa shape index (κ3) is 7.20. The number of carbonyl (C=O) groups excluding carboxylic acids is 2. The van der Waals surface area contributed by atoms with Gasteiger partial charge in [-0.3, -0.25) is 19.0 Å². The molecule has 0 unspecified atom stereocenters. The molecule has 260 valence electrons. The van der Waals surface area contributed by atoms with Crippen molar-refractivity contribution in [1.82, 2.24) is 24.1 Å². The fourth-order valence-corrected chi connectivity index (χ4v) is 7.57. The Morgan fingerprint density at radius 2 is 1.83 bits per heavy atom. The lowest BCUT2D eigenvalue weighted by atomic mass is 9.90. The normalized spacial score (nSPS) is 23.5. The number of amides is 2. The zero-order valence-electron chi connectivity index (χ0n) is 29.1. The van der Waals surface area contributed by atoms with Gasteiger partial charge >= 0.3 is 6.09 Å². The van der Waals surface area contributed by atoms with Gasteiger partial charge in [-0.25, -0.2) is 14.2 Å². The molecular formula is C36H48ClFN6O4. The molecule has 2 aromatic heterocycles. The highest BCUT2D eigenvalue weighted by Crippen LogP contribution is 2.43. The van der Waals surface area contributed by atoms with Crippen molar-refractivity contribution in [2.24, 2.45) is 0 Å². The van der Waals surface area contributed by atoms with Gasteiger partial charge in [0.25, 0.3) is 0 Å². The SMILES string of the molecule is C[C@@H]1COCCN1C[C@H]1CN(C(=O)OC(C)(C)C)[C@H](C)CN1CC(=O)N1CC(C)(C)c2c1cc(Cc1ccc(F)cc1)c1nc(Cl)cn21. The van der Waals surface area contributed by atoms with Gasteiger partial charge in [-0.05, 0) is 58.4 Å². The third-order valence-corrected chi connectivity index (χ3v) is 9.91. The highest BCUT2D eigenvalue weighted by molar-refractivity contribution is 6.29. The largest absolute Gasteiger partial charge is 0.444 e. The zero-order chi connectivity index (χ0) is 34.5. The van der Waals surface area contributed by atoms with Crippen LogP contribution in [0.4, 0.5) is 14.9 Å². The number of benzene rings is 1. The Bertz CT molecular complexity index is 1670. The Hall–Kier alpha value is -3.25. The molecule has 3 aliphatic rings. The molecule has 0 saturated carbocycles. The molecule has 0 radical (unpaired) electrons. The zero-order valence-corrected chi connectivity index (χ0v) is 29.9. The van der Waals surface area contributed by atoms with E-state index in [0.717, 1.165) is 34.7 Å². The number of hydrogen-bond acceptors (Lipinski definition) is 7. The van der Waals surface area contributed by atoms with Crippen molar-refractivity contribution in [2.75, 3.05) is 57.4 Å². The maximum Gasteiger partial charge on any atom is 0.410 e. The van der Waals surface area contributed by atoms with E-state index >= 15 is 0 Å². The van der Waals surface area contributed by atoms with E-state index in [1.54, 1.807) is 12.1 Å². The number of aromatic nitrogens is 2. The Morgan fingerprint density at radius 1 is 1.10 bits per heavy atom. The molecule has 2 fully saturated rings.